The fourth-order valence-electron chi connectivity index (χ4n) is 2.84. The summed E-state index contributed by atoms with van der Waals surface area (Å²) in [4.78, 5) is 15.4. The van der Waals surface area contributed by atoms with E-state index in [1.54, 1.807) is 0 Å². The molecule has 0 aliphatic heterocycles. The first-order chi connectivity index (χ1) is 9.84. The van der Waals surface area contributed by atoms with Gasteiger partial charge in [-0.3, -0.25) is 4.79 Å². The quantitative estimate of drug-likeness (QED) is 0.814. The van der Waals surface area contributed by atoms with Crippen LogP contribution >= 0.6 is 0 Å². The Morgan fingerprint density at radius 1 is 1.25 bits per heavy atom. The first kappa shape index (κ1) is 13.0. The number of carbonyl (C=O) groups excluding carboxylic acids is 1. The molecule has 20 heavy (non-hydrogen) atoms. The van der Waals surface area contributed by atoms with Crippen molar-refractivity contribution in [2.45, 2.75) is 32.1 Å². The normalized spacial score (nSPS) is 15.1. The Kier molecular flexibility index (Phi) is 3.86. The fraction of sp³-hybridized carbons (Fsp3) is 0.353. The van der Waals surface area contributed by atoms with Crippen molar-refractivity contribution >= 4 is 16.8 Å². The van der Waals surface area contributed by atoms with Gasteiger partial charge in [0.25, 0.3) is 5.91 Å². The van der Waals surface area contributed by atoms with Crippen LogP contribution in [0, 0.1) is 0 Å². The van der Waals surface area contributed by atoms with Crippen LogP contribution in [0.25, 0.3) is 10.9 Å². The third kappa shape index (κ3) is 2.77. The second-order valence-corrected chi connectivity index (χ2v) is 5.36. The van der Waals surface area contributed by atoms with Gasteiger partial charge in [0.2, 0.25) is 0 Å². The van der Waals surface area contributed by atoms with E-state index in [4.69, 9.17) is 0 Å². The van der Waals surface area contributed by atoms with E-state index in [0.29, 0.717) is 0 Å². The molecule has 1 aliphatic rings. The summed E-state index contributed by atoms with van der Waals surface area (Å²) in [5, 5.41) is 4.10. The third-order valence-corrected chi connectivity index (χ3v) is 3.95. The van der Waals surface area contributed by atoms with Crippen molar-refractivity contribution in [3.05, 3.63) is 47.7 Å². The summed E-state index contributed by atoms with van der Waals surface area (Å²) in [6.45, 7) is 0.724. The van der Waals surface area contributed by atoms with Crippen LogP contribution in [-0.2, 0) is 0 Å². The van der Waals surface area contributed by atoms with Crippen molar-refractivity contribution in [1.82, 2.24) is 10.3 Å². The molecular formula is C17H20N2O. The summed E-state index contributed by atoms with van der Waals surface area (Å²) in [6.07, 6.45) is 10.2. The zero-order chi connectivity index (χ0) is 13.8. The summed E-state index contributed by atoms with van der Waals surface area (Å²) in [5.74, 6) is 0.00876. The first-order valence-corrected chi connectivity index (χ1v) is 7.37. The molecule has 2 N–H and O–H groups in total. The molecule has 0 saturated heterocycles. The van der Waals surface area contributed by atoms with E-state index in [-0.39, 0.29) is 5.91 Å². The van der Waals surface area contributed by atoms with E-state index in [1.807, 2.05) is 30.5 Å². The summed E-state index contributed by atoms with van der Waals surface area (Å²) in [6, 6.07) is 7.79. The molecule has 1 aromatic carbocycles. The number of benzene rings is 1. The van der Waals surface area contributed by atoms with Crippen LogP contribution in [0.4, 0.5) is 0 Å². The Labute approximate surface area is 119 Å². The molecule has 104 valence electrons. The lowest BCUT2D eigenvalue weighted by molar-refractivity contribution is 0.0955. The predicted molar refractivity (Wildman–Crippen MR) is 81.8 cm³/mol. The van der Waals surface area contributed by atoms with Gasteiger partial charge in [-0.1, -0.05) is 23.8 Å². The number of para-hydroxylation sites is 1. The van der Waals surface area contributed by atoms with E-state index >= 15 is 0 Å². The number of aromatic amines is 1. The Balaban J connectivity index is 1.61. The van der Waals surface area contributed by atoms with Crippen molar-refractivity contribution in [2.24, 2.45) is 0 Å². The van der Waals surface area contributed by atoms with Crippen molar-refractivity contribution in [3.8, 4) is 0 Å². The lowest BCUT2D eigenvalue weighted by Crippen LogP contribution is -2.25. The maximum Gasteiger partial charge on any atom is 0.253 e. The molecule has 1 aliphatic carbocycles. The predicted octanol–water partition coefficient (Wildman–Crippen LogP) is 3.79. The Morgan fingerprint density at radius 2 is 2.20 bits per heavy atom. The van der Waals surface area contributed by atoms with Gasteiger partial charge in [-0.25, -0.2) is 0 Å². The number of H-pyrrole nitrogens is 1. The highest BCUT2D eigenvalue weighted by Gasteiger charge is 2.10. The molecule has 0 bridgehead atoms. The summed E-state index contributed by atoms with van der Waals surface area (Å²) in [5.41, 5.74) is 3.14. The molecule has 0 radical (unpaired) electrons. The second-order valence-electron chi connectivity index (χ2n) is 5.36. The van der Waals surface area contributed by atoms with Gasteiger partial charge in [-0.05, 0) is 44.2 Å². The zero-order valence-corrected chi connectivity index (χ0v) is 11.6. The SMILES string of the molecule is O=C(NCCC1=CCCCC1)c1cccc2cc[nH]c12. The number of hydrogen-bond acceptors (Lipinski definition) is 1. The zero-order valence-electron chi connectivity index (χ0n) is 11.6. The minimum Gasteiger partial charge on any atom is -0.361 e. The van der Waals surface area contributed by atoms with Crippen molar-refractivity contribution in [1.29, 1.82) is 0 Å². The van der Waals surface area contributed by atoms with Gasteiger partial charge in [0, 0.05) is 18.1 Å². The van der Waals surface area contributed by atoms with Crippen LogP contribution in [0.3, 0.4) is 0 Å². The molecule has 0 fully saturated rings. The van der Waals surface area contributed by atoms with Gasteiger partial charge < -0.3 is 10.3 Å². The van der Waals surface area contributed by atoms with Gasteiger partial charge in [-0.15, -0.1) is 0 Å². The average molecular weight is 268 g/mol. The molecule has 1 amide bonds. The molecule has 1 aromatic heterocycles. The lowest BCUT2D eigenvalue weighted by atomic mass is 9.97. The van der Waals surface area contributed by atoms with E-state index in [9.17, 15) is 4.79 Å². The van der Waals surface area contributed by atoms with Gasteiger partial charge in [0.05, 0.1) is 11.1 Å². The molecule has 1 heterocycles. The van der Waals surface area contributed by atoms with E-state index in [2.05, 4.69) is 16.4 Å². The van der Waals surface area contributed by atoms with Crippen LogP contribution in [-0.4, -0.2) is 17.4 Å². The average Bonchev–Trinajstić information content (AvgIpc) is 2.96. The van der Waals surface area contributed by atoms with Gasteiger partial charge in [0.15, 0.2) is 0 Å². The number of fused-ring (bicyclic) bond motifs is 1. The maximum absolute atomic E-state index is 12.2. The summed E-state index contributed by atoms with van der Waals surface area (Å²) >= 11 is 0. The number of rotatable bonds is 4. The number of hydrogen-bond donors (Lipinski definition) is 2. The fourth-order valence-corrected chi connectivity index (χ4v) is 2.84. The summed E-state index contributed by atoms with van der Waals surface area (Å²) in [7, 11) is 0. The molecule has 2 aromatic rings. The standard InChI is InChI=1S/C17H20N2O/c20-17(19-11-9-13-5-2-1-3-6-13)15-8-4-7-14-10-12-18-16(14)15/h4-5,7-8,10,12,18H,1-3,6,9,11H2,(H,19,20). The number of allylic oxidation sites excluding steroid dienone is 1. The third-order valence-electron chi connectivity index (χ3n) is 3.95. The van der Waals surface area contributed by atoms with Crippen LogP contribution in [0.15, 0.2) is 42.1 Å². The topological polar surface area (TPSA) is 44.9 Å². The van der Waals surface area contributed by atoms with Crippen molar-refractivity contribution < 1.29 is 4.79 Å². The minimum absolute atomic E-state index is 0.00876. The highest BCUT2D eigenvalue weighted by atomic mass is 16.1. The van der Waals surface area contributed by atoms with Crippen LogP contribution in [0.2, 0.25) is 0 Å². The molecule has 3 rings (SSSR count). The molecule has 3 nitrogen and oxygen atoms in total. The minimum atomic E-state index is 0.00876. The van der Waals surface area contributed by atoms with Crippen LogP contribution in [0.5, 0.6) is 0 Å². The Hall–Kier alpha value is -2.03. The number of amides is 1. The number of carbonyl (C=O) groups is 1. The van der Waals surface area contributed by atoms with Gasteiger partial charge in [-0.2, -0.15) is 0 Å². The van der Waals surface area contributed by atoms with Crippen molar-refractivity contribution in [2.75, 3.05) is 6.54 Å². The molecule has 0 unspecified atom stereocenters. The second kappa shape index (κ2) is 5.95. The molecule has 0 spiro atoms. The highest BCUT2D eigenvalue weighted by molar-refractivity contribution is 6.05. The van der Waals surface area contributed by atoms with E-state index in [0.717, 1.165) is 29.4 Å². The molecule has 3 heteroatoms. The van der Waals surface area contributed by atoms with Gasteiger partial charge in [0.1, 0.15) is 0 Å². The van der Waals surface area contributed by atoms with Gasteiger partial charge >= 0.3 is 0 Å². The monoisotopic (exact) mass is 268 g/mol. The van der Waals surface area contributed by atoms with E-state index in [1.165, 1.54) is 31.3 Å². The highest BCUT2D eigenvalue weighted by Crippen LogP contribution is 2.20. The molecule has 0 saturated carbocycles. The van der Waals surface area contributed by atoms with Crippen molar-refractivity contribution in [3.63, 3.8) is 0 Å². The first-order valence-electron chi connectivity index (χ1n) is 7.37. The summed E-state index contributed by atoms with van der Waals surface area (Å²) < 4.78 is 0. The Morgan fingerprint density at radius 3 is 3.05 bits per heavy atom. The Bertz CT molecular complexity index is 639. The van der Waals surface area contributed by atoms with E-state index < -0.39 is 0 Å². The largest absolute Gasteiger partial charge is 0.361 e. The molecule has 0 atom stereocenters. The smallest absolute Gasteiger partial charge is 0.253 e. The number of nitrogens with one attached hydrogen (secondary N) is 2. The molecular weight excluding hydrogens is 248 g/mol. The van der Waals surface area contributed by atoms with Crippen LogP contribution in [0.1, 0.15) is 42.5 Å². The maximum atomic E-state index is 12.2. The van der Waals surface area contributed by atoms with Crippen LogP contribution < -0.4 is 5.32 Å². The number of aromatic nitrogens is 1. The lowest BCUT2D eigenvalue weighted by Gasteiger charge is -2.13.